The Bertz CT molecular complexity index is 587. The minimum absolute atomic E-state index is 0.103. The molecule has 1 fully saturated rings. The highest BCUT2D eigenvalue weighted by Crippen LogP contribution is 2.18. The first-order valence-corrected chi connectivity index (χ1v) is 6.19. The molecule has 1 saturated heterocycles. The average Bonchev–Trinajstić information content (AvgIpc) is 2.96. The fraction of sp³-hybridized carbons (Fsp3) is 0.417. The number of benzene rings is 1. The molecule has 2 N–H and O–H groups in total. The number of H-pyrrole nitrogens is 1. The zero-order valence-corrected chi connectivity index (χ0v) is 9.98. The second kappa shape index (κ2) is 4.38. The number of quaternary nitrogens is 1. The summed E-state index contributed by atoms with van der Waals surface area (Å²) >= 11 is 0. The van der Waals surface area contributed by atoms with Crippen LogP contribution in [0.1, 0.15) is 18.7 Å². The largest absolute Gasteiger partial charge is 0.337 e. The Morgan fingerprint density at radius 1 is 1.39 bits per heavy atom. The number of rotatable bonds is 3. The molecule has 6 nitrogen and oxygen atoms in total. The highest BCUT2D eigenvalue weighted by molar-refractivity contribution is 5.77. The SMILES string of the molecule is O=[N+]([O-])c1ccc2nc(C[NH+]3CCCC3)[nH]c2c1. The lowest BCUT2D eigenvalue weighted by Crippen LogP contribution is -3.08. The number of hydrogen-bond acceptors (Lipinski definition) is 3. The number of non-ortho nitro benzene ring substituents is 1. The number of imidazole rings is 1. The van der Waals surface area contributed by atoms with Crippen LogP contribution >= 0.6 is 0 Å². The van der Waals surface area contributed by atoms with Crippen LogP contribution in [0.15, 0.2) is 18.2 Å². The van der Waals surface area contributed by atoms with Gasteiger partial charge >= 0.3 is 0 Å². The van der Waals surface area contributed by atoms with Crippen molar-refractivity contribution in [3.05, 3.63) is 34.1 Å². The van der Waals surface area contributed by atoms with Gasteiger partial charge in [-0.3, -0.25) is 10.1 Å². The minimum Gasteiger partial charge on any atom is -0.337 e. The maximum absolute atomic E-state index is 10.7. The molecule has 1 aliphatic heterocycles. The Hall–Kier alpha value is -1.95. The Labute approximate surface area is 104 Å². The van der Waals surface area contributed by atoms with Crippen molar-refractivity contribution in [1.29, 1.82) is 0 Å². The van der Waals surface area contributed by atoms with Crippen LogP contribution in [-0.2, 0) is 6.54 Å². The van der Waals surface area contributed by atoms with E-state index < -0.39 is 0 Å². The van der Waals surface area contributed by atoms with Crippen molar-refractivity contribution in [3.8, 4) is 0 Å². The molecule has 2 heterocycles. The molecule has 0 unspecified atom stereocenters. The van der Waals surface area contributed by atoms with E-state index in [0.29, 0.717) is 0 Å². The normalized spacial score (nSPS) is 16.4. The molecule has 1 aliphatic rings. The summed E-state index contributed by atoms with van der Waals surface area (Å²) in [5.74, 6) is 0.919. The van der Waals surface area contributed by atoms with E-state index in [1.807, 2.05) is 0 Å². The molecule has 94 valence electrons. The Kier molecular flexibility index (Phi) is 2.71. The van der Waals surface area contributed by atoms with E-state index in [-0.39, 0.29) is 10.6 Å². The molecule has 0 radical (unpaired) electrons. The molecule has 0 atom stereocenters. The predicted molar refractivity (Wildman–Crippen MR) is 66.4 cm³/mol. The van der Waals surface area contributed by atoms with Gasteiger partial charge in [-0.05, 0) is 6.07 Å². The van der Waals surface area contributed by atoms with Crippen molar-refractivity contribution in [2.75, 3.05) is 13.1 Å². The monoisotopic (exact) mass is 247 g/mol. The van der Waals surface area contributed by atoms with E-state index in [1.54, 1.807) is 12.1 Å². The standard InChI is InChI=1S/C12H14N4O2/c17-16(18)9-3-4-10-11(7-9)14-12(13-10)8-15-5-1-2-6-15/h3-4,7H,1-2,5-6,8H2,(H,13,14)/p+1. The Balaban J connectivity index is 1.87. The molecular weight excluding hydrogens is 232 g/mol. The van der Waals surface area contributed by atoms with Gasteiger partial charge in [0.25, 0.3) is 5.69 Å². The van der Waals surface area contributed by atoms with Crippen LogP contribution in [0.2, 0.25) is 0 Å². The van der Waals surface area contributed by atoms with Crippen molar-refractivity contribution < 1.29 is 9.82 Å². The summed E-state index contributed by atoms with van der Waals surface area (Å²) in [6.07, 6.45) is 2.56. The lowest BCUT2D eigenvalue weighted by atomic mass is 10.3. The van der Waals surface area contributed by atoms with Gasteiger partial charge < -0.3 is 9.88 Å². The summed E-state index contributed by atoms with van der Waals surface area (Å²) < 4.78 is 0. The summed E-state index contributed by atoms with van der Waals surface area (Å²) in [5, 5.41) is 10.7. The number of fused-ring (bicyclic) bond motifs is 1. The quantitative estimate of drug-likeness (QED) is 0.617. The first-order chi connectivity index (χ1) is 8.72. The van der Waals surface area contributed by atoms with Crippen molar-refractivity contribution in [2.45, 2.75) is 19.4 Å². The number of likely N-dealkylation sites (tertiary alicyclic amines) is 1. The molecule has 0 amide bonds. The topological polar surface area (TPSA) is 76.3 Å². The van der Waals surface area contributed by atoms with Gasteiger partial charge in [0.1, 0.15) is 6.54 Å². The molecule has 6 heteroatoms. The van der Waals surface area contributed by atoms with Crippen molar-refractivity contribution in [2.24, 2.45) is 0 Å². The second-order valence-electron chi connectivity index (χ2n) is 4.78. The van der Waals surface area contributed by atoms with Gasteiger partial charge in [-0.2, -0.15) is 0 Å². The summed E-state index contributed by atoms with van der Waals surface area (Å²) in [6.45, 7) is 3.26. The van der Waals surface area contributed by atoms with Gasteiger partial charge in [0.2, 0.25) is 0 Å². The summed E-state index contributed by atoms with van der Waals surface area (Å²) in [7, 11) is 0. The van der Waals surface area contributed by atoms with Crippen molar-refractivity contribution >= 4 is 16.7 Å². The highest BCUT2D eigenvalue weighted by Gasteiger charge is 2.18. The summed E-state index contributed by atoms with van der Waals surface area (Å²) in [5.41, 5.74) is 1.65. The molecule has 2 aromatic rings. The lowest BCUT2D eigenvalue weighted by Gasteiger charge is -2.08. The number of aromatic amines is 1. The number of aromatic nitrogens is 2. The first-order valence-electron chi connectivity index (χ1n) is 6.19. The Morgan fingerprint density at radius 2 is 2.17 bits per heavy atom. The summed E-state index contributed by atoms with van der Waals surface area (Å²) in [6, 6.07) is 4.74. The molecule has 3 rings (SSSR count). The Morgan fingerprint density at radius 3 is 2.89 bits per heavy atom. The zero-order chi connectivity index (χ0) is 12.5. The van der Waals surface area contributed by atoms with E-state index in [2.05, 4.69) is 9.97 Å². The van der Waals surface area contributed by atoms with Crippen LogP contribution < -0.4 is 4.90 Å². The van der Waals surface area contributed by atoms with Gasteiger partial charge in [0.15, 0.2) is 5.82 Å². The zero-order valence-electron chi connectivity index (χ0n) is 9.98. The number of nitrogens with one attached hydrogen (secondary N) is 2. The molecule has 18 heavy (non-hydrogen) atoms. The van der Waals surface area contributed by atoms with E-state index in [1.165, 1.54) is 36.9 Å². The molecule has 0 aliphatic carbocycles. The predicted octanol–water partition coefficient (Wildman–Crippen LogP) is 0.650. The fourth-order valence-electron chi connectivity index (χ4n) is 2.54. The molecule has 0 saturated carbocycles. The molecule has 1 aromatic heterocycles. The maximum Gasteiger partial charge on any atom is 0.271 e. The van der Waals surface area contributed by atoms with Gasteiger partial charge in [0, 0.05) is 25.0 Å². The van der Waals surface area contributed by atoms with Gasteiger partial charge in [-0.15, -0.1) is 0 Å². The third-order valence-corrected chi connectivity index (χ3v) is 3.45. The van der Waals surface area contributed by atoms with Crippen LogP contribution in [-0.4, -0.2) is 28.0 Å². The summed E-state index contributed by atoms with van der Waals surface area (Å²) in [4.78, 5) is 19.5. The van der Waals surface area contributed by atoms with Gasteiger partial charge in [0.05, 0.1) is 29.0 Å². The number of nitro benzene ring substituents is 1. The lowest BCUT2D eigenvalue weighted by molar-refractivity contribution is -0.902. The van der Waals surface area contributed by atoms with E-state index >= 15 is 0 Å². The maximum atomic E-state index is 10.7. The smallest absolute Gasteiger partial charge is 0.271 e. The third kappa shape index (κ3) is 2.06. The molecule has 1 aromatic carbocycles. The van der Waals surface area contributed by atoms with Crippen LogP contribution in [0.25, 0.3) is 11.0 Å². The first kappa shape index (κ1) is 11.2. The third-order valence-electron chi connectivity index (χ3n) is 3.45. The number of nitrogens with zero attached hydrogens (tertiary/aromatic N) is 2. The molecule has 0 spiro atoms. The second-order valence-corrected chi connectivity index (χ2v) is 4.78. The van der Waals surface area contributed by atoms with Crippen LogP contribution in [0.5, 0.6) is 0 Å². The minimum atomic E-state index is -0.383. The number of hydrogen-bond donors (Lipinski definition) is 2. The average molecular weight is 247 g/mol. The number of nitro groups is 1. The fourth-order valence-corrected chi connectivity index (χ4v) is 2.54. The van der Waals surface area contributed by atoms with Crippen molar-refractivity contribution in [3.63, 3.8) is 0 Å². The van der Waals surface area contributed by atoms with Crippen LogP contribution in [0.4, 0.5) is 5.69 Å². The van der Waals surface area contributed by atoms with Gasteiger partial charge in [-0.25, -0.2) is 4.98 Å². The van der Waals surface area contributed by atoms with Gasteiger partial charge in [-0.1, -0.05) is 0 Å². The van der Waals surface area contributed by atoms with Crippen molar-refractivity contribution in [1.82, 2.24) is 9.97 Å². The van der Waals surface area contributed by atoms with E-state index in [9.17, 15) is 10.1 Å². The van der Waals surface area contributed by atoms with E-state index in [0.717, 1.165) is 23.4 Å². The molecule has 0 bridgehead atoms. The highest BCUT2D eigenvalue weighted by atomic mass is 16.6. The van der Waals surface area contributed by atoms with E-state index in [4.69, 9.17) is 0 Å². The van der Waals surface area contributed by atoms with Crippen LogP contribution in [0.3, 0.4) is 0 Å². The van der Waals surface area contributed by atoms with Crippen LogP contribution in [0, 0.1) is 10.1 Å². The molecular formula is C12H15N4O2+.